The Balaban J connectivity index is 2.14. The predicted octanol–water partition coefficient (Wildman–Crippen LogP) is 2.84. The van der Waals surface area contributed by atoms with Crippen molar-refractivity contribution in [2.24, 2.45) is 5.73 Å². The number of nitrogens with zero attached hydrogens (tertiary/aromatic N) is 2. The Morgan fingerprint density at radius 1 is 1.16 bits per heavy atom. The van der Waals surface area contributed by atoms with Crippen LogP contribution in [0.2, 0.25) is 0 Å². The van der Waals surface area contributed by atoms with Crippen LogP contribution in [0.25, 0.3) is 5.69 Å². The summed E-state index contributed by atoms with van der Waals surface area (Å²) in [6.45, 7) is 0. The molecular formula is C13H12F3N3. The molecule has 19 heavy (non-hydrogen) atoms. The molecule has 0 radical (unpaired) electrons. The average Bonchev–Trinajstić information content (AvgIpc) is 2.95. The van der Waals surface area contributed by atoms with Gasteiger partial charge in [-0.25, -0.2) is 4.68 Å². The van der Waals surface area contributed by atoms with Crippen LogP contribution in [0.3, 0.4) is 0 Å². The zero-order chi connectivity index (χ0) is 13.7. The van der Waals surface area contributed by atoms with Gasteiger partial charge in [0.2, 0.25) is 0 Å². The monoisotopic (exact) mass is 267 g/mol. The smallest absolute Gasteiger partial charge is 0.320 e. The second kappa shape index (κ2) is 3.84. The third-order valence-electron chi connectivity index (χ3n) is 3.30. The Morgan fingerprint density at radius 2 is 1.79 bits per heavy atom. The van der Waals surface area contributed by atoms with Crippen LogP contribution in [0.5, 0.6) is 0 Å². The van der Waals surface area contributed by atoms with Crippen LogP contribution >= 0.6 is 0 Å². The highest BCUT2D eigenvalue weighted by Crippen LogP contribution is 2.44. The predicted molar refractivity (Wildman–Crippen MR) is 63.7 cm³/mol. The Bertz CT molecular complexity index is 597. The van der Waals surface area contributed by atoms with Crippen molar-refractivity contribution >= 4 is 0 Å². The minimum Gasteiger partial charge on any atom is -0.320 e. The molecule has 1 saturated carbocycles. The number of para-hydroxylation sites is 1. The molecule has 1 aromatic heterocycles. The molecule has 1 aromatic carbocycles. The van der Waals surface area contributed by atoms with Crippen LogP contribution < -0.4 is 5.73 Å². The molecule has 0 bridgehead atoms. The van der Waals surface area contributed by atoms with Gasteiger partial charge in [-0.15, -0.1) is 0 Å². The van der Waals surface area contributed by atoms with Crippen molar-refractivity contribution in [3.05, 3.63) is 47.8 Å². The number of halogens is 3. The van der Waals surface area contributed by atoms with Crippen LogP contribution in [-0.2, 0) is 11.7 Å². The first-order valence-corrected chi connectivity index (χ1v) is 5.92. The fraction of sp³-hybridized carbons (Fsp3) is 0.308. The number of rotatable bonds is 2. The van der Waals surface area contributed by atoms with Gasteiger partial charge < -0.3 is 5.73 Å². The van der Waals surface area contributed by atoms with E-state index in [1.54, 1.807) is 30.3 Å². The normalized spacial score (nSPS) is 17.5. The van der Waals surface area contributed by atoms with Gasteiger partial charge >= 0.3 is 6.18 Å². The Hall–Kier alpha value is -1.82. The Kier molecular flexibility index (Phi) is 2.47. The van der Waals surface area contributed by atoms with E-state index < -0.39 is 17.4 Å². The molecule has 0 amide bonds. The highest BCUT2D eigenvalue weighted by atomic mass is 19.4. The van der Waals surface area contributed by atoms with Crippen molar-refractivity contribution in [1.29, 1.82) is 0 Å². The highest BCUT2D eigenvalue weighted by molar-refractivity contribution is 5.36. The number of alkyl halides is 3. The Labute approximate surface area is 107 Å². The molecule has 3 rings (SSSR count). The van der Waals surface area contributed by atoms with Gasteiger partial charge in [0.05, 0.1) is 16.9 Å². The van der Waals surface area contributed by atoms with E-state index in [0.717, 1.165) is 10.7 Å². The van der Waals surface area contributed by atoms with Crippen molar-refractivity contribution in [3.8, 4) is 5.69 Å². The molecule has 1 heterocycles. The Morgan fingerprint density at radius 3 is 2.32 bits per heavy atom. The van der Waals surface area contributed by atoms with E-state index >= 15 is 0 Å². The minimum absolute atomic E-state index is 0.309. The van der Waals surface area contributed by atoms with E-state index in [-0.39, 0.29) is 0 Å². The van der Waals surface area contributed by atoms with E-state index in [2.05, 4.69) is 5.10 Å². The van der Waals surface area contributed by atoms with Crippen LogP contribution in [0, 0.1) is 0 Å². The van der Waals surface area contributed by atoms with Gasteiger partial charge in [-0.2, -0.15) is 18.3 Å². The molecule has 2 aromatic rings. The minimum atomic E-state index is -4.45. The van der Waals surface area contributed by atoms with Crippen molar-refractivity contribution in [1.82, 2.24) is 9.78 Å². The first-order chi connectivity index (χ1) is 8.90. The van der Waals surface area contributed by atoms with Crippen molar-refractivity contribution in [3.63, 3.8) is 0 Å². The van der Waals surface area contributed by atoms with Gasteiger partial charge in [-0.1, -0.05) is 18.2 Å². The third-order valence-corrected chi connectivity index (χ3v) is 3.30. The van der Waals surface area contributed by atoms with Crippen LogP contribution in [0.4, 0.5) is 13.2 Å². The standard InChI is InChI=1S/C13H12F3N3/c14-13(15,16)11-8-10(12(17)6-7-12)18-19(11)9-4-2-1-3-5-9/h1-5,8H,6-7,17H2. The molecule has 6 heteroatoms. The first kappa shape index (κ1) is 12.2. The summed E-state index contributed by atoms with van der Waals surface area (Å²) in [6.07, 6.45) is -3.10. The van der Waals surface area contributed by atoms with E-state index in [9.17, 15) is 13.2 Å². The molecule has 100 valence electrons. The summed E-state index contributed by atoms with van der Waals surface area (Å²) in [6, 6.07) is 9.31. The van der Waals surface area contributed by atoms with Crippen molar-refractivity contribution < 1.29 is 13.2 Å². The summed E-state index contributed by atoms with van der Waals surface area (Å²) < 4.78 is 40.1. The maximum atomic E-state index is 13.1. The zero-order valence-electron chi connectivity index (χ0n) is 9.98. The molecule has 1 fully saturated rings. The lowest BCUT2D eigenvalue weighted by Crippen LogP contribution is -2.19. The van der Waals surface area contributed by atoms with E-state index in [1.165, 1.54) is 0 Å². The summed E-state index contributed by atoms with van der Waals surface area (Å²) in [4.78, 5) is 0. The first-order valence-electron chi connectivity index (χ1n) is 5.92. The average molecular weight is 267 g/mol. The van der Waals surface area contributed by atoms with Crippen LogP contribution in [-0.4, -0.2) is 9.78 Å². The van der Waals surface area contributed by atoms with E-state index in [4.69, 9.17) is 5.73 Å². The zero-order valence-corrected chi connectivity index (χ0v) is 9.98. The van der Waals surface area contributed by atoms with Crippen LogP contribution in [0.15, 0.2) is 36.4 Å². The topological polar surface area (TPSA) is 43.8 Å². The lowest BCUT2D eigenvalue weighted by atomic mass is 10.2. The molecule has 0 unspecified atom stereocenters. The lowest BCUT2D eigenvalue weighted by Gasteiger charge is -2.09. The molecule has 1 aliphatic rings. The van der Waals surface area contributed by atoms with Crippen LogP contribution in [0.1, 0.15) is 24.2 Å². The van der Waals surface area contributed by atoms with E-state index in [1.807, 2.05) is 0 Å². The van der Waals surface area contributed by atoms with E-state index in [0.29, 0.717) is 24.2 Å². The SMILES string of the molecule is NC1(c2cc(C(F)(F)F)n(-c3ccccc3)n2)CC1. The number of nitrogens with two attached hydrogens (primary N) is 1. The molecule has 0 saturated heterocycles. The quantitative estimate of drug-likeness (QED) is 0.909. The summed E-state index contributed by atoms with van der Waals surface area (Å²) in [5.41, 5.74) is 5.15. The summed E-state index contributed by atoms with van der Waals surface area (Å²) >= 11 is 0. The van der Waals surface area contributed by atoms with Gasteiger partial charge in [0.15, 0.2) is 0 Å². The van der Waals surface area contributed by atoms with Gasteiger partial charge in [0.1, 0.15) is 5.69 Å². The highest BCUT2D eigenvalue weighted by Gasteiger charge is 2.45. The maximum absolute atomic E-state index is 13.1. The second-order valence-corrected chi connectivity index (χ2v) is 4.82. The number of benzene rings is 1. The summed E-state index contributed by atoms with van der Waals surface area (Å²) in [5, 5.41) is 4.05. The number of aromatic nitrogens is 2. The van der Waals surface area contributed by atoms with Gasteiger partial charge in [0, 0.05) is 0 Å². The molecular weight excluding hydrogens is 255 g/mol. The second-order valence-electron chi connectivity index (χ2n) is 4.82. The number of hydrogen-bond donors (Lipinski definition) is 1. The summed E-state index contributed by atoms with van der Waals surface area (Å²) in [5.74, 6) is 0. The molecule has 0 aliphatic heterocycles. The molecule has 0 atom stereocenters. The lowest BCUT2D eigenvalue weighted by molar-refractivity contribution is -0.142. The van der Waals surface area contributed by atoms with Crippen molar-refractivity contribution in [2.45, 2.75) is 24.6 Å². The van der Waals surface area contributed by atoms with Gasteiger partial charge in [-0.3, -0.25) is 0 Å². The largest absolute Gasteiger partial charge is 0.433 e. The fourth-order valence-electron chi connectivity index (χ4n) is 1.98. The summed E-state index contributed by atoms with van der Waals surface area (Å²) in [7, 11) is 0. The number of hydrogen-bond acceptors (Lipinski definition) is 2. The molecule has 1 aliphatic carbocycles. The molecule has 2 N–H and O–H groups in total. The van der Waals surface area contributed by atoms with Crippen molar-refractivity contribution in [2.75, 3.05) is 0 Å². The fourth-order valence-corrected chi connectivity index (χ4v) is 1.98. The molecule has 3 nitrogen and oxygen atoms in total. The maximum Gasteiger partial charge on any atom is 0.433 e. The third kappa shape index (κ3) is 2.12. The van der Waals surface area contributed by atoms with Gasteiger partial charge in [-0.05, 0) is 31.0 Å². The van der Waals surface area contributed by atoms with Gasteiger partial charge in [0.25, 0.3) is 0 Å². The molecule has 0 spiro atoms.